The summed E-state index contributed by atoms with van der Waals surface area (Å²) in [6.07, 6.45) is 11.0. The Kier molecular flexibility index (Phi) is 11.6. The number of rotatable bonds is 14. The zero-order valence-electron chi connectivity index (χ0n) is 25.5. The molecule has 0 bridgehead atoms. The van der Waals surface area contributed by atoms with Crippen LogP contribution in [0.5, 0.6) is 11.5 Å². The molecule has 0 saturated heterocycles. The highest BCUT2D eigenvalue weighted by molar-refractivity contribution is 7.81. The molecule has 1 aromatic heterocycles. The van der Waals surface area contributed by atoms with E-state index in [1.807, 2.05) is 13.0 Å². The number of benzene rings is 2. The van der Waals surface area contributed by atoms with Crippen molar-refractivity contribution in [1.29, 1.82) is 0 Å². The summed E-state index contributed by atoms with van der Waals surface area (Å²) in [7, 11) is 0. The largest absolute Gasteiger partial charge is 0.507 e. The van der Waals surface area contributed by atoms with Gasteiger partial charge in [-0.3, -0.25) is 9.59 Å². The maximum absolute atomic E-state index is 14.1. The first kappa shape index (κ1) is 34.2. The number of phenols is 1. The molecule has 1 heterocycles. The van der Waals surface area contributed by atoms with Gasteiger partial charge in [-0.2, -0.15) is 0 Å². The number of hydrogen-bond donors (Lipinski definition) is 3. The van der Waals surface area contributed by atoms with E-state index in [1.54, 1.807) is 30.4 Å². The summed E-state index contributed by atoms with van der Waals surface area (Å²) < 4.78 is 25.6. The first-order valence-electron chi connectivity index (χ1n) is 14.9. The van der Waals surface area contributed by atoms with Crippen LogP contribution in [-0.4, -0.2) is 38.5 Å². The predicted octanol–water partition coefficient (Wildman–Crippen LogP) is 5.46. The number of Topliss-reactive ketones (excluding diaryl/α,β-unsaturated/α-hetero) is 1. The highest BCUT2D eigenvalue weighted by atomic mass is 32.1. The summed E-state index contributed by atoms with van der Waals surface area (Å²) in [6.45, 7) is 3.72. The fourth-order valence-corrected chi connectivity index (χ4v) is 5.47. The number of carbonyl (C=O) groups excluding carboxylic acids is 1. The zero-order valence-corrected chi connectivity index (χ0v) is 26.3. The third-order valence-electron chi connectivity index (χ3n) is 7.53. The molecule has 0 fully saturated rings. The van der Waals surface area contributed by atoms with E-state index in [1.165, 1.54) is 37.3 Å². The average molecular weight is 647 g/mol. The predicted molar refractivity (Wildman–Crippen MR) is 177 cm³/mol. The summed E-state index contributed by atoms with van der Waals surface area (Å²) in [5.41, 5.74) is 0.177. The molecular formula is C36H35FO8S. The van der Waals surface area contributed by atoms with Gasteiger partial charge >= 0.3 is 5.97 Å². The number of aromatic hydroxyl groups is 1. The second-order valence-corrected chi connectivity index (χ2v) is 11.4. The quantitative estimate of drug-likeness (QED) is 0.0903. The normalized spacial score (nSPS) is 14.0. The van der Waals surface area contributed by atoms with Crippen LogP contribution >= 0.6 is 12.2 Å². The molecule has 2 aromatic carbocycles. The molecule has 46 heavy (non-hydrogen) atoms. The molecule has 4 rings (SSSR count). The number of fused-ring (bicyclic) bond motifs is 1. The number of carboxylic acid groups (broad SMARTS) is 1. The number of hydrogen-bond acceptors (Lipinski definition) is 8. The maximum Gasteiger partial charge on any atom is 0.372 e. The van der Waals surface area contributed by atoms with Gasteiger partial charge in [0.15, 0.2) is 11.2 Å². The van der Waals surface area contributed by atoms with E-state index >= 15 is 0 Å². The van der Waals surface area contributed by atoms with Gasteiger partial charge in [-0.15, -0.1) is 0 Å². The van der Waals surface area contributed by atoms with Crippen molar-refractivity contribution in [2.45, 2.75) is 58.0 Å². The van der Waals surface area contributed by atoms with Crippen molar-refractivity contribution in [3.05, 3.63) is 115 Å². The zero-order chi connectivity index (χ0) is 33.4. The highest BCUT2D eigenvalue weighted by Crippen LogP contribution is 2.34. The van der Waals surface area contributed by atoms with Crippen LogP contribution in [0.25, 0.3) is 12.2 Å². The minimum atomic E-state index is -1.49. The Morgan fingerprint density at radius 3 is 2.67 bits per heavy atom. The molecule has 2 atom stereocenters. The second kappa shape index (κ2) is 15.6. The molecule has 0 amide bonds. The van der Waals surface area contributed by atoms with Crippen LogP contribution in [0.4, 0.5) is 4.39 Å². The van der Waals surface area contributed by atoms with Crippen molar-refractivity contribution in [2.24, 2.45) is 0 Å². The Bertz CT molecular complexity index is 1890. The number of aliphatic hydroxyl groups is 1. The molecule has 3 aromatic rings. The van der Waals surface area contributed by atoms with Crippen molar-refractivity contribution in [3.8, 4) is 11.5 Å². The third-order valence-corrected chi connectivity index (χ3v) is 7.81. The maximum atomic E-state index is 14.1. The SMILES string of the molecule is CCCc1c(OCCC/C=C\C=C\[C@@H](c2c(C(=O)O)oc3c(c2=O)=CCC(=S)C=3)[C@@H](O)c2cccc(F)c2)ccc(C(C)=O)c1O. The molecule has 8 nitrogen and oxygen atoms in total. The molecule has 1 aliphatic rings. The van der Waals surface area contributed by atoms with E-state index in [0.29, 0.717) is 48.5 Å². The summed E-state index contributed by atoms with van der Waals surface area (Å²) in [6, 6.07) is 8.48. The number of unbranched alkanes of at least 4 members (excludes halogenated alkanes) is 1. The highest BCUT2D eigenvalue weighted by Gasteiger charge is 2.31. The number of aliphatic hydroxyl groups excluding tert-OH is 1. The summed E-state index contributed by atoms with van der Waals surface area (Å²) in [5.74, 6) is -3.66. The number of carbonyl (C=O) groups is 2. The van der Waals surface area contributed by atoms with Crippen molar-refractivity contribution in [3.63, 3.8) is 0 Å². The fourth-order valence-electron chi connectivity index (χ4n) is 5.28. The molecular weight excluding hydrogens is 611 g/mol. The second-order valence-electron chi connectivity index (χ2n) is 10.8. The van der Waals surface area contributed by atoms with Crippen LogP contribution in [0.15, 0.2) is 69.9 Å². The van der Waals surface area contributed by atoms with Gasteiger partial charge in [-0.05, 0) is 62.1 Å². The van der Waals surface area contributed by atoms with Gasteiger partial charge in [0.25, 0.3) is 0 Å². The summed E-state index contributed by atoms with van der Waals surface area (Å²) in [5, 5.41) is 32.0. The summed E-state index contributed by atoms with van der Waals surface area (Å²) in [4.78, 5) is 38.2. The Balaban J connectivity index is 1.55. The standard InChI is InChI=1S/C36H35FO8S/c1-3-10-26-29(17-16-25(21(2)38)33(26)40)44-18-8-6-4-5-7-13-28(32(39)22-11-9-12-23(37)19-22)31-34(41)27-15-14-24(46)20-30(27)45-35(31)36(42)43/h4-5,7,9,11-13,15-17,19-20,28,32,39-40H,3,6,8,10,14,18H2,1-2H3,(H,42,43)/b5-4-,13-7+/t28-,32-/m0/s1. The Labute approximate surface area is 270 Å². The molecule has 10 heteroatoms. The minimum absolute atomic E-state index is 0.0410. The topological polar surface area (TPSA) is 134 Å². The van der Waals surface area contributed by atoms with Crippen LogP contribution in [0.3, 0.4) is 0 Å². The molecule has 240 valence electrons. The molecule has 3 N–H and O–H groups in total. The van der Waals surface area contributed by atoms with E-state index in [9.17, 15) is 34.1 Å². The van der Waals surface area contributed by atoms with E-state index in [0.717, 1.165) is 12.5 Å². The van der Waals surface area contributed by atoms with Gasteiger partial charge < -0.3 is 24.5 Å². The first-order chi connectivity index (χ1) is 22.0. The Morgan fingerprint density at radius 1 is 1.20 bits per heavy atom. The van der Waals surface area contributed by atoms with Gasteiger partial charge in [-0.25, -0.2) is 9.18 Å². The number of ketones is 1. The molecule has 1 aliphatic carbocycles. The number of halogens is 1. The molecule has 0 aliphatic heterocycles. The van der Waals surface area contributed by atoms with Crippen LogP contribution in [0.2, 0.25) is 0 Å². The molecule has 0 unspecified atom stereocenters. The van der Waals surface area contributed by atoms with E-state index < -0.39 is 35.0 Å². The van der Waals surface area contributed by atoms with Crippen LogP contribution in [-0.2, 0) is 6.42 Å². The lowest BCUT2D eigenvalue weighted by Crippen LogP contribution is -2.45. The average Bonchev–Trinajstić information content (AvgIpc) is 3.01. The minimum Gasteiger partial charge on any atom is -0.507 e. The van der Waals surface area contributed by atoms with E-state index in [4.69, 9.17) is 21.4 Å². The molecule has 0 spiro atoms. The number of aromatic carboxylic acids is 1. The number of allylic oxidation sites excluding steroid dienone is 3. The summed E-state index contributed by atoms with van der Waals surface area (Å²) >= 11 is 5.18. The number of thiocarbonyl (C=S) groups is 1. The Morgan fingerprint density at radius 2 is 1.98 bits per heavy atom. The smallest absolute Gasteiger partial charge is 0.372 e. The number of phenolic OH excluding ortho intramolecular Hbond substituents is 1. The number of carboxylic acids is 1. The van der Waals surface area contributed by atoms with Gasteiger partial charge in [0.1, 0.15) is 22.7 Å². The van der Waals surface area contributed by atoms with Gasteiger partial charge in [-0.1, -0.05) is 68.1 Å². The van der Waals surface area contributed by atoms with Crippen molar-refractivity contribution >= 4 is 41.0 Å². The first-order valence-corrected chi connectivity index (χ1v) is 15.3. The van der Waals surface area contributed by atoms with Gasteiger partial charge in [0.05, 0.1) is 29.1 Å². The van der Waals surface area contributed by atoms with Crippen molar-refractivity contribution in [2.75, 3.05) is 6.61 Å². The van der Waals surface area contributed by atoms with E-state index in [2.05, 4.69) is 0 Å². The van der Waals surface area contributed by atoms with Crippen LogP contribution in [0.1, 0.15) is 89.2 Å². The lowest BCUT2D eigenvalue weighted by Gasteiger charge is -2.21. The molecule has 0 radical (unpaired) electrons. The Hall–Kier alpha value is -4.67. The van der Waals surface area contributed by atoms with E-state index in [-0.39, 0.29) is 38.9 Å². The number of ether oxygens (including phenoxy) is 1. The lowest BCUT2D eigenvalue weighted by atomic mass is 9.87. The van der Waals surface area contributed by atoms with Gasteiger partial charge in [0, 0.05) is 22.8 Å². The lowest BCUT2D eigenvalue weighted by molar-refractivity contribution is 0.0650. The van der Waals surface area contributed by atoms with Crippen molar-refractivity contribution < 1.29 is 38.5 Å². The third kappa shape index (κ3) is 7.94. The van der Waals surface area contributed by atoms with Gasteiger partial charge in [0.2, 0.25) is 5.76 Å². The monoisotopic (exact) mass is 646 g/mol. The molecule has 0 saturated carbocycles. The van der Waals surface area contributed by atoms with Crippen LogP contribution < -0.4 is 20.8 Å². The van der Waals surface area contributed by atoms with Crippen molar-refractivity contribution in [1.82, 2.24) is 0 Å². The fraction of sp³-hybridized carbons (Fsp3) is 0.278. The van der Waals surface area contributed by atoms with Crippen LogP contribution in [0, 0.1) is 5.82 Å².